The summed E-state index contributed by atoms with van der Waals surface area (Å²) in [6.45, 7) is 1.90. The van der Waals surface area contributed by atoms with Crippen molar-refractivity contribution in [3.05, 3.63) is 47.4 Å². The van der Waals surface area contributed by atoms with Crippen LogP contribution in [0.1, 0.15) is 5.69 Å². The lowest BCUT2D eigenvalue weighted by Crippen LogP contribution is -1.90. The Bertz CT molecular complexity index is 420. The molecule has 0 bridgehead atoms. The smallest absolute Gasteiger partial charge is 0.223 e. The maximum absolute atomic E-state index is 5.78. The number of aryl methyl sites for hydroxylation is 1. The zero-order valence-corrected chi connectivity index (χ0v) is 8.49. The molecule has 0 radical (unpaired) electrons. The molecule has 1 aromatic carbocycles. The highest BCUT2D eigenvalue weighted by Gasteiger charge is 2.01. The normalized spacial score (nSPS) is 10.1. The van der Waals surface area contributed by atoms with Crippen LogP contribution in [0.25, 0.3) is 11.3 Å². The van der Waals surface area contributed by atoms with E-state index in [1.165, 1.54) is 0 Å². The van der Waals surface area contributed by atoms with Crippen LogP contribution >= 0.6 is 11.6 Å². The van der Waals surface area contributed by atoms with Gasteiger partial charge < -0.3 is 0 Å². The maximum Gasteiger partial charge on any atom is 0.223 e. The van der Waals surface area contributed by atoms with Gasteiger partial charge in [0, 0.05) is 11.3 Å². The minimum Gasteiger partial charge on any atom is -0.223 e. The molecule has 0 saturated carbocycles. The van der Waals surface area contributed by atoms with Crippen molar-refractivity contribution in [1.29, 1.82) is 0 Å². The van der Waals surface area contributed by atoms with Crippen LogP contribution in [0.5, 0.6) is 0 Å². The summed E-state index contributed by atoms with van der Waals surface area (Å²) in [6.07, 6.45) is 0. The molecule has 0 saturated heterocycles. The molecular weight excluding hydrogens is 196 g/mol. The summed E-state index contributed by atoms with van der Waals surface area (Å²) >= 11 is 5.78. The minimum absolute atomic E-state index is 0.295. The molecular formula is C11H9ClN2. The molecule has 0 fully saturated rings. The Balaban J connectivity index is 2.52. The molecule has 2 nitrogen and oxygen atoms in total. The summed E-state index contributed by atoms with van der Waals surface area (Å²) in [6, 6.07) is 11.8. The fourth-order valence-corrected chi connectivity index (χ4v) is 1.51. The quantitative estimate of drug-likeness (QED) is 0.667. The van der Waals surface area contributed by atoms with Crippen LogP contribution in [0.2, 0.25) is 5.28 Å². The van der Waals surface area contributed by atoms with Gasteiger partial charge in [-0.15, -0.1) is 0 Å². The topological polar surface area (TPSA) is 25.8 Å². The van der Waals surface area contributed by atoms with Gasteiger partial charge in [-0.1, -0.05) is 30.3 Å². The van der Waals surface area contributed by atoms with Gasteiger partial charge in [0.05, 0.1) is 5.69 Å². The van der Waals surface area contributed by atoms with Crippen LogP contribution < -0.4 is 0 Å². The van der Waals surface area contributed by atoms with Crippen molar-refractivity contribution in [3.63, 3.8) is 0 Å². The summed E-state index contributed by atoms with van der Waals surface area (Å²) in [7, 11) is 0. The second-order valence-corrected chi connectivity index (χ2v) is 3.37. The molecule has 1 aromatic heterocycles. The highest BCUT2D eigenvalue weighted by molar-refractivity contribution is 6.28. The van der Waals surface area contributed by atoms with Gasteiger partial charge in [0.2, 0.25) is 5.28 Å². The lowest BCUT2D eigenvalue weighted by atomic mass is 10.1. The van der Waals surface area contributed by atoms with E-state index in [1.54, 1.807) is 0 Å². The van der Waals surface area contributed by atoms with Crippen molar-refractivity contribution in [2.75, 3.05) is 0 Å². The molecule has 3 heteroatoms. The molecule has 0 amide bonds. The van der Waals surface area contributed by atoms with Crippen molar-refractivity contribution in [2.45, 2.75) is 6.92 Å². The second kappa shape index (κ2) is 3.76. The largest absolute Gasteiger partial charge is 0.223 e. The number of hydrogen-bond acceptors (Lipinski definition) is 2. The first-order valence-electron chi connectivity index (χ1n) is 4.32. The monoisotopic (exact) mass is 204 g/mol. The molecule has 2 rings (SSSR count). The molecule has 0 aliphatic heterocycles. The molecule has 14 heavy (non-hydrogen) atoms. The van der Waals surface area contributed by atoms with Crippen molar-refractivity contribution in [1.82, 2.24) is 9.97 Å². The number of hydrogen-bond donors (Lipinski definition) is 0. The summed E-state index contributed by atoms with van der Waals surface area (Å²) in [5, 5.41) is 0.295. The van der Waals surface area contributed by atoms with Gasteiger partial charge in [-0.3, -0.25) is 0 Å². The van der Waals surface area contributed by atoms with Gasteiger partial charge in [-0.2, -0.15) is 0 Å². The number of benzene rings is 1. The molecule has 2 aromatic rings. The summed E-state index contributed by atoms with van der Waals surface area (Å²) < 4.78 is 0. The van der Waals surface area contributed by atoms with Crippen molar-refractivity contribution >= 4 is 11.6 Å². The van der Waals surface area contributed by atoms with E-state index >= 15 is 0 Å². The van der Waals surface area contributed by atoms with Crippen LogP contribution in [-0.4, -0.2) is 9.97 Å². The summed E-state index contributed by atoms with van der Waals surface area (Å²) in [5.41, 5.74) is 2.80. The van der Waals surface area contributed by atoms with Crippen LogP contribution in [-0.2, 0) is 0 Å². The first kappa shape index (κ1) is 9.16. The van der Waals surface area contributed by atoms with Crippen LogP contribution in [0.3, 0.4) is 0 Å². The third-order valence-electron chi connectivity index (χ3n) is 1.90. The van der Waals surface area contributed by atoms with E-state index in [-0.39, 0.29) is 0 Å². The van der Waals surface area contributed by atoms with Crippen LogP contribution in [0.4, 0.5) is 0 Å². The Morgan fingerprint density at radius 3 is 2.43 bits per heavy atom. The van der Waals surface area contributed by atoms with Gasteiger partial charge in [-0.05, 0) is 24.6 Å². The number of halogens is 1. The standard InChI is InChI=1S/C11H9ClN2/c1-8-7-10(14-11(12)13-8)9-5-3-2-4-6-9/h2-7H,1H3. The Labute approximate surface area is 87.6 Å². The molecule has 0 spiro atoms. The Morgan fingerprint density at radius 1 is 1.07 bits per heavy atom. The predicted molar refractivity (Wildman–Crippen MR) is 57.2 cm³/mol. The van der Waals surface area contributed by atoms with Crippen molar-refractivity contribution < 1.29 is 0 Å². The van der Waals surface area contributed by atoms with E-state index < -0.39 is 0 Å². The predicted octanol–water partition coefficient (Wildman–Crippen LogP) is 3.11. The number of nitrogens with zero attached hydrogens (tertiary/aromatic N) is 2. The van der Waals surface area contributed by atoms with E-state index in [4.69, 9.17) is 11.6 Å². The van der Waals surface area contributed by atoms with Gasteiger partial charge in [0.25, 0.3) is 0 Å². The van der Waals surface area contributed by atoms with E-state index in [9.17, 15) is 0 Å². The summed E-state index contributed by atoms with van der Waals surface area (Å²) in [5.74, 6) is 0. The molecule has 70 valence electrons. The average Bonchev–Trinajstić information content (AvgIpc) is 2.18. The molecule has 1 heterocycles. The van der Waals surface area contributed by atoms with E-state index in [0.717, 1.165) is 17.0 Å². The second-order valence-electron chi connectivity index (χ2n) is 3.03. The van der Waals surface area contributed by atoms with Gasteiger partial charge in [-0.25, -0.2) is 9.97 Å². The Kier molecular flexibility index (Phi) is 2.46. The third kappa shape index (κ3) is 1.91. The van der Waals surface area contributed by atoms with E-state index in [0.29, 0.717) is 5.28 Å². The molecule has 0 atom stereocenters. The van der Waals surface area contributed by atoms with Gasteiger partial charge in [0.15, 0.2) is 0 Å². The number of aromatic nitrogens is 2. The first-order valence-corrected chi connectivity index (χ1v) is 4.70. The Hall–Kier alpha value is -1.41. The first-order chi connectivity index (χ1) is 6.75. The molecule has 0 N–H and O–H groups in total. The molecule has 0 aliphatic rings. The fraction of sp³-hybridized carbons (Fsp3) is 0.0909. The average molecular weight is 205 g/mol. The lowest BCUT2D eigenvalue weighted by Gasteiger charge is -2.01. The lowest BCUT2D eigenvalue weighted by molar-refractivity contribution is 1.11. The van der Waals surface area contributed by atoms with Crippen molar-refractivity contribution in [3.8, 4) is 11.3 Å². The van der Waals surface area contributed by atoms with Gasteiger partial charge >= 0.3 is 0 Å². The van der Waals surface area contributed by atoms with Crippen LogP contribution in [0, 0.1) is 6.92 Å². The maximum atomic E-state index is 5.78. The molecule has 0 unspecified atom stereocenters. The van der Waals surface area contributed by atoms with Crippen molar-refractivity contribution in [2.24, 2.45) is 0 Å². The minimum atomic E-state index is 0.295. The van der Waals surface area contributed by atoms with E-state index in [1.807, 2.05) is 43.3 Å². The number of rotatable bonds is 1. The third-order valence-corrected chi connectivity index (χ3v) is 2.07. The fourth-order valence-electron chi connectivity index (χ4n) is 1.29. The zero-order chi connectivity index (χ0) is 9.97. The highest BCUT2D eigenvalue weighted by Crippen LogP contribution is 2.18. The zero-order valence-electron chi connectivity index (χ0n) is 7.74. The SMILES string of the molecule is Cc1cc(-c2ccccc2)nc(Cl)n1. The van der Waals surface area contributed by atoms with E-state index in [2.05, 4.69) is 9.97 Å². The van der Waals surface area contributed by atoms with Gasteiger partial charge in [0.1, 0.15) is 0 Å². The highest BCUT2D eigenvalue weighted by atomic mass is 35.5. The van der Waals surface area contributed by atoms with Crippen LogP contribution in [0.15, 0.2) is 36.4 Å². The molecule has 0 aliphatic carbocycles. The summed E-state index contributed by atoms with van der Waals surface area (Å²) in [4.78, 5) is 8.17. The Morgan fingerprint density at radius 2 is 1.79 bits per heavy atom.